The smallest absolute Gasteiger partial charge is 0.246 e. The number of nitrogens with one attached hydrogen (secondary N) is 1. The van der Waals surface area contributed by atoms with Crippen LogP contribution in [0.2, 0.25) is 0 Å². The van der Waals surface area contributed by atoms with Crippen LogP contribution < -0.4 is 5.32 Å². The highest BCUT2D eigenvalue weighted by molar-refractivity contribution is 7.81. The average Bonchev–Trinajstić information content (AvgIpc) is 2.46. The molecule has 4 nitrogen and oxygen atoms in total. The second kappa shape index (κ2) is 7.31. The van der Waals surface area contributed by atoms with E-state index in [9.17, 15) is 9.59 Å². The Morgan fingerprint density at radius 1 is 1.27 bits per heavy atom. The maximum absolute atomic E-state index is 12.0. The Morgan fingerprint density at radius 3 is 2.27 bits per heavy atom. The quantitative estimate of drug-likeness (QED) is 0.497. The molecule has 5 heteroatoms. The van der Waals surface area contributed by atoms with Crippen molar-refractivity contribution in [3.8, 4) is 0 Å². The Morgan fingerprint density at radius 2 is 1.82 bits per heavy atom. The van der Waals surface area contributed by atoms with Gasteiger partial charge in [0.05, 0.1) is 12.1 Å². The van der Waals surface area contributed by atoms with Crippen LogP contribution in [0.25, 0.3) is 0 Å². The van der Waals surface area contributed by atoms with Crippen molar-refractivity contribution in [1.29, 1.82) is 0 Å². The molecule has 0 atom stereocenters. The molecule has 1 N–H and O–H groups in total. The number of thiocarbonyl (C=S) groups is 1. The first-order valence-electron chi connectivity index (χ1n) is 6.99. The topological polar surface area (TPSA) is 55.4 Å². The highest BCUT2D eigenvalue weighted by Gasteiger charge is 2.23. The summed E-state index contributed by atoms with van der Waals surface area (Å²) in [5.41, 5.74) is 1.21. The van der Waals surface area contributed by atoms with E-state index in [4.69, 9.17) is 17.0 Å². The first-order valence-corrected chi connectivity index (χ1v) is 7.40. The van der Waals surface area contributed by atoms with E-state index in [1.807, 2.05) is 13.8 Å². The Balaban J connectivity index is 2.92. The number of carbonyl (C=O) groups is 2. The third kappa shape index (κ3) is 4.49. The molecule has 0 radical (unpaired) electrons. The van der Waals surface area contributed by atoms with Gasteiger partial charge >= 0.3 is 0 Å². The Hall–Kier alpha value is -2.01. The zero-order valence-electron chi connectivity index (χ0n) is 13.4. The summed E-state index contributed by atoms with van der Waals surface area (Å²) >= 11 is 4.91. The van der Waals surface area contributed by atoms with Crippen LogP contribution in [-0.4, -0.2) is 23.3 Å². The van der Waals surface area contributed by atoms with E-state index in [-0.39, 0.29) is 16.7 Å². The minimum atomic E-state index is -0.571. The molecule has 0 aromatic heterocycles. The monoisotopic (exact) mass is 319 g/mol. The molecule has 1 aromatic carbocycles. The minimum absolute atomic E-state index is 0.0369. The van der Waals surface area contributed by atoms with Crippen molar-refractivity contribution in [3.05, 3.63) is 47.5 Å². The number of carbonyl (C=O) groups excluding carboxylic acids is 2. The number of benzene rings is 1. The lowest BCUT2D eigenvalue weighted by Crippen LogP contribution is -2.41. The molecule has 1 aromatic rings. The van der Waals surface area contributed by atoms with Crippen molar-refractivity contribution in [3.63, 3.8) is 0 Å². The van der Waals surface area contributed by atoms with Gasteiger partial charge in [-0.2, -0.15) is 0 Å². The molecular formula is C17H21NO3S. The Labute approximate surface area is 136 Å². The van der Waals surface area contributed by atoms with E-state index in [0.29, 0.717) is 17.7 Å². The van der Waals surface area contributed by atoms with Gasteiger partial charge in [-0.15, -0.1) is 0 Å². The van der Waals surface area contributed by atoms with Gasteiger partial charge in [0.1, 0.15) is 0 Å². The normalized spacial score (nSPS) is 10.7. The van der Waals surface area contributed by atoms with E-state index in [1.54, 1.807) is 38.1 Å². The van der Waals surface area contributed by atoms with Gasteiger partial charge in [-0.05, 0) is 45.5 Å². The molecular weight excluding hydrogens is 298 g/mol. The predicted octanol–water partition coefficient (Wildman–Crippen LogP) is 3.16. The van der Waals surface area contributed by atoms with Crippen molar-refractivity contribution in [2.45, 2.75) is 33.2 Å². The second-order valence-corrected chi connectivity index (χ2v) is 5.86. The highest BCUT2D eigenvalue weighted by atomic mass is 32.1. The Kier molecular flexibility index (Phi) is 6.00. The van der Waals surface area contributed by atoms with Crippen molar-refractivity contribution in [2.75, 3.05) is 6.61 Å². The minimum Gasteiger partial charge on any atom is -0.481 e. The molecule has 118 valence electrons. The lowest BCUT2D eigenvalue weighted by Gasteiger charge is -2.27. The fourth-order valence-electron chi connectivity index (χ4n) is 1.82. The van der Waals surface area contributed by atoms with Gasteiger partial charge in [0, 0.05) is 11.1 Å². The maximum Gasteiger partial charge on any atom is 0.246 e. The van der Waals surface area contributed by atoms with Crippen LogP contribution in [0.3, 0.4) is 0 Å². The van der Waals surface area contributed by atoms with E-state index in [1.165, 1.54) is 0 Å². The zero-order chi connectivity index (χ0) is 16.9. The second-order valence-electron chi connectivity index (χ2n) is 5.49. The largest absolute Gasteiger partial charge is 0.481 e. The molecule has 0 unspecified atom stereocenters. The summed E-state index contributed by atoms with van der Waals surface area (Å²) < 4.78 is 5.05. The van der Waals surface area contributed by atoms with E-state index in [2.05, 4.69) is 11.9 Å². The summed E-state index contributed by atoms with van der Waals surface area (Å²) in [5.74, 6) is -0.519. The Bertz CT molecular complexity index is 603. The fraction of sp³-hybridized carbons (Fsp3) is 0.353. The van der Waals surface area contributed by atoms with Gasteiger partial charge in [0.2, 0.25) is 16.7 Å². The summed E-state index contributed by atoms with van der Waals surface area (Å²) in [4.78, 5) is 23.8. The first-order chi connectivity index (χ1) is 10.2. The van der Waals surface area contributed by atoms with Crippen LogP contribution in [-0.2, 0) is 15.1 Å². The lowest BCUT2D eigenvalue weighted by atomic mass is 9.92. The van der Waals surface area contributed by atoms with Gasteiger partial charge in [-0.3, -0.25) is 9.59 Å². The molecule has 22 heavy (non-hydrogen) atoms. The molecule has 0 heterocycles. The summed E-state index contributed by atoms with van der Waals surface area (Å²) in [5, 5.41) is 2.85. The average molecular weight is 319 g/mol. The summed E-state index contributed by atoms with van der Waals surface area (Å²) in [7, 11) is 0. The molecule has 0 spiro atoms. The molecule has 0 bridgehead atoms. The number of ketones is 1. The van der Waals surface area contributed by atoms with Crippen molar-refractivity contribution < 1.29 is 14.3 Å². The number of ether oxygens (including phenoxy) is 1. The number of hydrogen-bond donors (Lipinski definition) is 1. The molecule has 0 saturated heterocycles. The van der Waals surface area contributed by atoms with E-state index in [0.717, 1.165) is 5.56 Å². The van der Waals surface area contributed by atoms with Gasteiger partial charge in [-0.1, -0.05) is 30.8 Å². The van der Waals surface area contributed by atoms with Crippen LogP contribution in [0.15, 0.2) is 36.4 Å². The molecule has 1 rings (SSSR count). The summed E-state index contributed by atoms with van der Waals surface area (Å²) in [6, 6.07) is 6.94. The number of Topliss-reactive ketones (excluding diaryl/α,β-unsaturated/α-hetero) is 1. The summed E-state index contributed by atoms with van der Waals surface area (Å²) in [6.45, 7) is 11.2. The molecule has 0 fully saturated rings. The SMILES string of the molecule is C=C(C)C(=O)NC(C)(C)c1ccc(C(=O)C(=S)OCC)cc1. The third-order valence-corrected chi connectivity index (χ3v) is 3.45. The van der Waals surface area contributed by atoms with Crippen molar-refractivity contribution in [2.24, 2.45) is 0 Å². The van der Waals surface area contributed by atoms with Crippen molar-refractivity contribution in [1.82, 2.24) is 5.32 Å². The van der Waals surface area contributed by atoms with Crippen LogP contribution in [0, 0.1) is 0 Å². The summed E-state index contributed by atoms with van der Waals surface area (Å²) in [6.07, 6.45) is 0. The van der Waals surface area contributed by atoms with Gasteiger partial charge in [0.25, 0.3) is 0 Å². The third-order valence-electron chi connectivity index (χ3n) is 3.14. The number of amides is 1. The lowest BCUT2D eigenvalue weighted by molar-refractivity contribution is -0.119. The molecule has 1 amide bonds. The maximum atomic E-state index is 12.0. The molecule has 0 saturated carbocycles. The van der Waals surface area contributed by atoms with Crippen LogP contribution >= 0.6 is 12.2 Å². The van der Waals surface area contributed by atoms with Crippen LogP contribution in [0.4, 0.5) is 0 Å². The van der Waals surface area contributed by atoms with E-state index >= 15 is 0 Å². The van der Waals surface area contributed by atoms with Gasteiger partial charge in [0.15, 0.2) is 0 Å². The van der Waals surface area contributed by atoms with Crippen LogP contribution in [0.1, 0.15) is 43.6 Å². The first kappa shape index (κ1) is 18.0. The molecule has 0 aliphatic rings. The van der Waals surface area contributed by atoms with E-state index < -0.39 is 5.54 Å². The predicted molar refractivity (Wildman–Crippen MR) is 91.0 cm³/mol. The highest BCUT2D eigenvalue weighted by Crippen LogP contribution is 2.21. The fourth-order valence-corrected chi connectivity index (χ4v) is 2.05. The number of rotatable bonds is 6. The standard InChI is InChI=1S/C17H21NO3S/c1-6-21-16(22)14(19)12-7-9-13(10-8-12)17(4,5)18-15(20)11(2)3/h7-10H,2,6H2,1,3-5H3,(H,18,20). The van der Waals surface area contributed by atoms with Crippen molar-refractivity contribution >= 4 is 29.0 Å². The van der Waals surface area contributed by atoms with Gasteiger partial charge in [-0.25, -0.2) is 0 Å². The molecule has 0 aliphatic heterocycles. The van der Waals surface area contributed by atoms with Gasteiger partial charge < -0.3 is 10.1 Å². The molecule has 0 aliphatic carbocycles. The van der Waals surface area contributed by atoms with Crippen LogP contribution in [0.5, 0.6) is 0 Å². The zero-order valence-corrected chi connectivity index (χ0v) is 14.2. The number of hydrogen-bond acceptors (Lipinski definition) is 4.